The van der Waals surface area contributed by atoms with E-state index in [1.54, 1.807) is 12.1 Å². The molecule has 0 aromatic heterocycles. The maximum absolute atomic E-state index is 13.3. The van der Waals surface area contributed by atoms with E-state index in [1.807, 2.05) is 31.2 Å². The van der Waals surface area contributed by atoms with Crippen LogP contribution in [0.4, 0.5) is 18.9 Å². The summed E-state index contributed by atoms with van der Waals surface area (Å²) < 4.78 is 51.5. The van der Waals surface area contributed by atoms with E-state index in [1.165, 1.54) is 24.3 Å². The van der Waals surface area contributed by atoms with Gasteiger partial charge in [-0.2, -0.15) is 13.2 Å². The Morgan fingerprint density at radius 2 is 1.64 bits per heavy atom. The summed E-state index contributed by atoms with van der Waals surface area (Å²) >= 11 is 0. The van der Waals surface area contributed by atoms with E-state index in [2.05, 4.69) is 19.2 Å². The zero-order valence-electron chi connectivity index (χ0n) is 18.7. The lowest BCUT2D eigenvalue weighted by molar-refractivity contribution is -0.136. The lowest BCUT2D eigenvalue weighted by Crippen LogP contribution is -2.17. The van der Waals surface area contributed by atoms with Crippen molar-refractivity contribution in [2.45, 2.75) is 39.5 Å². The maximum Gasteiger partial charge on any atom is 0.418 e. The van der Waals surface area contributed by atoms with Crippen molar-refractivity contribution < 1.29 is 27.4 Å². The topological polar surface area (TPSA) is 47.6 Å². The van der Waals surface area contributed by atoms with Crippen molar-refractivity contribution >= 4 is 11.6 Å². The first-order valence-electron chi connectivity index (χ1n) is 10.7. The van der Waals surface area contributed by atoms with Crippen LogP contribution in [0.25, 0.3) is 0 Å². The number of ether oxygens (including phenoxy) is 2. The Kier molecular flexibility index (Phi) is 7.63. The van der Waals surface area contributed by atoms with Crippen LogP contribution < -0.4 is 14.8 Å². The Morgan fingerprint density at radius 1 is 0.939 bits per heavy atom. The number of nitrogens with one attached hydrogen (secondary N) is 1. The van der Waals surface area contributed by atoms with Crippen LogP contribution in [0.2, 0.25) is 0 Å². The number of carbonyl (C=O) groups excluding carboxylic acids is 1. The number of carbonyl (C=O) groups is 1. The molecular formula is C26H26F3NO3. The van der Waals surface area contributed by atoms with Crippen LogP contribution in [0.3, 0.4) is 0 Å². The molecule has 174 valence electrons. The van der Waals surface area contributed by atoms with Crippen LogP contribution in [0, 0.1) is 0 Å². The van der Waals surface area contributed by atoms with Gasteiger partial charge in [0.2, 0.25) is 0 Å². The average Bonchev–Trinajstić information content (AvgIpc) is 2.78. The molecule has 0 atom stereocenters. The Bertz CT molecular complexity index is 1110. The highest BCUT2D eigenvalue weighted by Gasteiger charge is 2.33. The van der Waals surface area contributed by atoms with Gasteiger partial charge in [-0.3, -0.25) is 4.79 Å². The van der Waals surface area contributed by atoms with E-state index >= 15 is 0 Å². The lowest BCUT2D eigenvalue weighted by Gasteiger charge is -2.17. The zero-order valence-corrected chi connectivity index (χ0v) is 18.7. The van der Waals surface area contributed by atoms with Crippen LogP contribution in [-0.2, 0) is 12.8 Å². The van der Waals surface area contributed by atoms with Crippen molar-refractivity contribution in [3.8, 4) is 11.5 Å². The first kappa shape index (κ1) is 24.2. The molecule has 0 saturated carbocycles. The van der Waals surface area contributed by atoms with Crippen molar-refractivity contribution in [1.82, 2.24) is 0 Å². The van der Waals surface area contributed by atoms with Crippen LogP contribution in [0.5, 0.6) is 11.5 Å². The minimum atomic E-state index is -4.58. The van der Waals surface area contributed by atoms with Gasteiger partial charge in [-0.25, -0.2) is 0 Å². The number of amides is 1. The lowest BCUT2D eigenvalue weighted by atomic mass is 10.0. The molecule has 1 amide bonds. The number of para-hydroxylation sites is 2. The molecular weight excluding hydrogens is 431 g/mol. The van der Waals surface area contributed by atoms with Gasteiger partial charge in [0.05, 0.1) is 17.9 Å². The second-order valence-electron chi connectivity index (χ2n) is 7.73. The summed E-state index contributed by atoms with van der Waals surface area (Å²) in [6.07, 6.45) is -4.58. The number of benzene rings is 3. The van der Waals surface area contributed by atoms with E-state index < -0.39 is 17.6 Å². The monoisotopic (exact) mass is 457 g/mol. The highest BCUT2D eigenvalue weighted by atomic mass is 19.4. The molecule has 0 saturated heterocycles. The van der Waals surface area contributed by atoms with Crippen molar-refractivity contribution in [2.24, 2.45) is 0 Å². The maximum atomic E-state index is 13.3. The van der Waals surface area contributed by atoms with E-state index in [0.29, 0.717) is 17.9 Å². The minimum absolute atomic E-state index is 0.138. The van der Waals surface area contributed by atoms with Gasteiger partial charge >= 0.3 is 6.18 Å². The molecule has 0 radical (unpaired) electrons. The summed E-state index contributed by atoms with van der Waals surface area (Å²) in [7, 11) is 0. The molecule has 4 nitrogen and oxygen atoms in total. The SMILES string of the molecule is CCOc1ccc(C(=O)Nc2ccccc2C(F)(F)F)cc1COc1ccccc1C(C)C. The molecule has 0 fully saturated rings. The quantitative estimate of drug-likeness (QED) is 0.394. The summed E-state index contributed by atoms with van der Waals surface area (Å²) in [5.41, 5.74) is 0.664. The number of halogens is 3. The van der Waals surface area contributed by atoms with Crippen LogP contribution >= 0.6 is 0 Å². The number of hydrogen-bond acceptors (Lipinski definition) is 3. The van der Waals surface area contributed by atoms with Gasteiger partial charge in [0.15, 0.2) is 0 Å². The first-order valence-corrected chi connectivity index (χ1v) is 10.7. The van der Waals surface area contributed by atoms with Gasteiger partial charge < -0.3 is 14.8 Å². The third kappa shape index (κ3) is 6.06. The number of hydrogen-bond donors (Lipinski definition) is 1. The number of alkyl halides is 3. The van der Waals surface area contributed by atoms with Crippen LogP contribution in [0.1, 0.15) is 53.7 Å². The molecule has 0 heterocycles. The second kappa shape index (κ2) is 10.4. The fourth-order valence-corrected chi connectivity index (χ4v) is 3.41. The Hall–Kier alpha value is -3.48. The zero-order chi connectivity index (χ0) is 24.0. The summed E-state index contributed by atoms with van der Waals surface area (Å²) in [5, 5.41) is 2.37. The minimum Gasteiger partial charge on any atom is -0.493 e. The Morgan fingerprint density at radius 3 is 2.33 bits per heavy atom. The van der Waals surface area contributed by atoms with Gasteiger partial charge in [0.25, 0.3) is 5.91 Å². The fraction of sp³-hybridized carbons (Fsp3) is 0.269. The van der Waals surface area contributed by atoms with Crippen molar-refractivity contribution in [2.75, 3.05) is 11.9 Å². The van der Waals surface area contributed by atoms with E-state index in [9.17, 15) is 18.0 Å². The van der Waals surface area contributed by atoms with Crippen molar-refractivity contribution in [1.29, 1.82) is 0 Å². The first-order chi connectivity index (χ1) is 15.7. The molecule has 3 rings (SSSR count). The summed E-state index contributed by atoms with van der Waals surface area (Å²) in [6, 6.07) is 17.3. The normalized spacial score (nSPS) is 11.4. The predicted octanol–water partition coefficient (Wildman–Crippen LogP) is 7.06. The summed E-state index contributed by atoms with van der Waals surface area (Å²) in [6.45, 7) is 6.53. The standard InChI is InChI=1S/C26H26F3NO3/c1-4-32-23-14-13-18(25(31)30-22-11-7-6-10-21(22)26(27,28)29)15-19(23)16-33-24-12-8-5-9-20(24)17(2)3/h5-15,17H,4,16H2,1-3H3,(H,30,31). The van der Waals surface area contributed by atoms with Crippen molar-refractivity contribution in [3.05, 3.63) is 89.0 Å². The van der Waals surface area contributed by atoms with E-state index in [0.717, 1.165) is 17.4 Å². The third-order valence-electron chi connectivity index (χ3n) is 5.03. The number of rotatable bonds is 8. The largest absolute Gasteiger partial charge is 0.493 e. The van der Waals surface area contributed by atoms with Gasteiger partial charge in [0.1, 0.15) is 18.1 Å². The highest BCUT2D eigenvalue weighted by molar-refractivity contribution is 6.05. The molecule has 3 aromatic rings. The van der Waals surface area contributed by atoms with E-state index in [4.69, 9.17) is 9.47 Å². The van der Waals surface area contributed by atoms with Gasteiger partial charge in [0, 0.05) is 11.1 Å². The summed E-state index contributed by atoms with van der Waals surface area (Å²) in [4.78, 5) is 12.8. The molecule has 3 aromatic carbocycles. The molecule has 0 aliphatic carbocycles. The third-order valence-corrected chi connectivity index (χ3v) is 5.03. The smallest absolute Gasteiger partial charge is 0.418 e. The Labute approximate surface area is 191 Å². The van der Waals surface area contributed by atoms with Gasteiger partial charge in [-0.15, -0.1) is 0 Å². The highest BCUT2D eigenvalue weighted by Crippen LogP contribution is 2.35. The predicted molar refractivity (Wildman–Crippen MR) is 122 cm³/mol. The van der Waals surface area contributed by atoms with Gasteiger partial charge in [-0.1, -0.05) is 44.2 Å². The van der Waals surface area contributed by atoms with Crippen LogP contribution in [-0.4, -0.2) is 12.5 Å². The molecule has 0 aliphatic heterocycles. The summed E-state index contributed by atoms with van der Waals surface area (Å²) in [5.74, 6) is 0.882. The van der Waals surface area contributed by atoms with Crippen LogP contribution in [0.15, 0.2) is 66.7 Å². The van der Waals surface area contributed by atoms with E-state index in [-0.39, 0.29) is 23.8 Å². The molecule has 0 bridgehead atoms. The van der Waals surface area contributed by atoms with Gasteiger partial charge in [-0.05, 0) is 54.8 Å². The molecule has 7 heteroatoms. The molecule has 1 N–H and O–H groups in total. The molecule has 0 aliphatic rings. The molecule has 0 spiro atoms. The average molecular weight is 457 g/mol. The number of anilines is 1. The van der Waals surface area contributed by atoms with Crippen molar-refractivity contribution in [3.63, 3.8) is 0 Å². The Balaban J connectivity index is 1.85. The fourth-order valence-electron chi connectivity index (χ4n) is 3.41. The molecule has 33 heavy (non-hydrogen) atoms. The molecule has 0 unspecified atom stereocenters. The second-order valence-corrected chi connectivity index (χ2v) is 7.73.